The smallest absolute Gasteiger partial charge is 1.00 e. The molecule has 0 aromatic rings. The van der Waals surface area contributed by atoms with Crippen LogP contribution in [0.5, 0.6) is 0 Å². The van der Waals surface area contributed by atoms with Gasteiger partial charge in [0, 0.05) is 48.2 Å². The maximum Gasteiger partial charge on any atom is 2.00 e. The fraction of sp³-hybridized carbons (Fsp3) is 0.333. The van der Waals surface area contributed by atoms with Gasteiger partial charge in [0.05, 0.1) is 0 Å². The van der Waals surface area contributed by atoms with Crippen molar-refractivity contribution in [2.24, 2.45) is 0 Å². The predicted molar refractivity (Wildman–Crippen MR) is 99.1 cm³/mol. The average molecular weight is 410 g/mol. The SMILES string of the molecule is CN(C)[P+](/C=C/[C]1[CH][CH][CH][CH]1)(N(C)C)N(C)C.[CH]1[CH][CH][CH][CH]1.[Cl-].[Fe+2]. The molecule has 2 rings (SSSR count). The molecule has 3 nitrogen and oxygen atoms in total. The Morgan fingerprint density at radius 1 is 0.667 bits per heavy atom. The maximum atomic E-state index is 2.34. The molecule has 134 valence electrons. The van der Waals surface area contributed by atoms with Crippen LogP contribution < -0.4 is 12.4 Å². The minimum absolute atomic E-state index is 0. The van der Waals surface area contributed by atoms with Gasteiger partial charge in [-0.3, -0.25) is 0 Å². The van der Waals surface area contributed by atoms with Crippen LogP contribution in [0.25, 0.3) is 0 Å². The van der Waals surface area contributed by atoms with Crippen molar-refractivity contribution in [2.45, 2.75) is 0 Å². The summed E-state index contributed by atoms with van der Waals surface area (Å²) < 4.78 is 6.94. The third-order valence-electron chi connectivity index (χ3n) is 3.48. The summed E-state index contributed by atoms with van der Waals surface area (Å²) in [5.74, 6) is 3.60. The molecule has 0 spiro atoms. The fourth-order valence-electron chi connectivity index (χ4n) is 2.48. The summed E-state index contributed by atoms with van der Waals surface area (Å²) in [4.78, 5) is 0. The Labute approximate surface area is 169 Å². The quantitative estimate of drug-likeness (QED) is 0.480. The molecule has 0 aromatic heterocycles. The van der Waals surface area contributed by atoms with Gasteiger partial charge in [0.2, 0.25) is 0 Å². The van der Waals surface area contributed by atoms with Crippen LogP contribution in [0.4, 0.5) is 0 Å². The molecule has 0 N–H and O–H groups in total. The van der Waals surface area contributed by atoms with Crippen molar-refractivity contribution in [1.82, 2.24) is 14.0 Å². The van der Waals surface area contributed by atoms with Gasteiger partial charge < -0.3 is 12.4 Å². The predicted octanol–water partition coefficient (Wildman–Crippen LogP) is 0.376. The van der Waals surface area contributed by atoms with Crippen LogP contribution in [0.2, 0.25) is 0 Å². The summed E-state index contributed by atoms with van der Waals surface area (Å²) in [6, 6.07) is 0. The molecule has 6 heteroatoms. The summed E-state index contributed by atoms with van der Waals surface area (Å²) in [5, 5.41) is 0. The van der Waals surface area contributed by atoms with E-state index < -0.39 is 7.71 Å². The monoisotopic (exact) mass is 409 g/mol. The van der Waals surface area contributed by atoms with Crippen LogP contribution in [0.15, 0.2) is 11.9 Å². The van der Waals surface area contributed by atoms with E-state index in [0.29, 0.717) is 0 Å². The number of hydrogen-bond acceptors (Lipinski definition) is 3. The van der Waals surface area contributed by atoms with Crippen molar-refractivity contribution in [3.05, 3.63) is 75.6 Å². The zero-order chi connectivity index (χ0) is 16.6. The van der Waals surface area contributed by atoms with Crippen LogP contribution >= 0.6 is 7.71 Å². The number of nitrogens with zero attached hydrogens (tertiary/aromatic N) is 3. The largest absolute Gasteiger partial charge is 2.00 e. The molecule has 0 aliphatic heterocycles. The van der Waals surface area contributed by atoms with Gasteiger partial charge in [-0.25, -0.2) is 0 Å². The van der Waals surface area contributed by atoms with E-state index in [-0.39, 0.29) is 29.5 Å². The van der Waals surface area contributed by atoms with Crippen LogP contribution in [0.3, 0.4) is 0 Å². The molecule has 2 aliphatic carbocycles. The van der Waals surface area contributed by atoms with E-state index in [9.17, 15) is 0 Å². The van der Waals surface area contributed by atoms with Crippen molar-refractivity contribution in [2.75, 3.05) is 42.3 Å². The van der Waals surface area contributed by atoms with Gasteiger partial charge in [0.25, 0.3) is 7.71 Å². The standard InChI is InChI=1S/C13H24N3P.C5H5.ClH.Fe/c1-14(2)17(15(3)4,16(5)6)12-11-13-9-7-8-10-13;1-2-4-5-3-1;;/h7-12H,1-6H3;1-5H;1H;/q+1;;;+2/p-1/b12-11+;;;. The molecule has 0 aromatic carbocycles. The van der Waals surface area contributed by atoms with Gasteiger partial charge in [0.15, 0.2) is 0 Å². The molecular weight excluding hydrogens is 380 g/mol. The van der Waals surface area contributed by atoms with Crippen molar-refractivity contribution >= 4 is 7.71 Å². The molecule has 0 atom stereocenters. The van der Waals surface area contributed by atoms with Gasteiger partial charge in [-0.15, -0.1) is 0 Å². The second kappa shape index (κ2) is 14.0. The molecule has 2 aliphatic rings. The van der Waals surface area contributed by atoms with E-state index in [2.05, 4.69) is 93.9 Å². The summed E-state index contributed by atoms with van der Waals surface area (Å²) in [6.07, 6.45) is 20.6. The van der Waals surface area contributed by atoms with Crippen molar-refractivity contribution in [3.8, 4) is 0 Å². The first-order valence-corrected chi connectivity index (χ1v) is 9.12. The second-order valence-electron chi connectivity index (χ2n) is 5.65. The molecule has 10 radical (unpaired) electrons. The molecular formula is C18H29ClFeN3P+2. The van der Waals surface area contributed by atoms with E-state index in [0.717, 1.165) is 0 Å². The summed E-state index contributed by atoms with van der Waals surface area (Å²) in [5.41, 5.74) is 0. The van der Waals surface area contributed by atoms with Gasteiger partial charge in [-0.05, 0) is 63.9 Å². The Bertz CT molecular complexity index is 299. The first-order chi connectivity index (χ1) is 10.4. The van der Waals surface area contributed by atoms with E-state index in [1.54, 1.807) is 0 Å². The second-order valence-corrected chi connectivity index (χ2v) is 9.58. The fourth-order valence-corrected chi connectivity index (χ4v) is 5.80. The Balaban J connectivity index is 0. The molecule has 2 saturated carbocycles. The Morgan fingerprint density at radius 2 is 1.00 bits per heavy atom. The number of hydrogen-bond donors (Lipinski definition) is 0. The van der Waals surface area contributed by atoms with E-state index in [1.165, 1.54) is 5.92 Å². The zero-order valence-electron chi connectivity index (χ0n) is 15.4. The summed E-state index contributed by atoms with van der Waals surface area (Å²) in [7, 11) is 11.3. The Hall–Kier alpha value is 0.859. The third kappa shape index (κ3) is 8.04. The minimum Gasteiger partial charge on any atom is -1.00 e. The summed E-state index contributed by atoms with van der Waals surface area (Å²) in [6.45, 7) is 0. The molecule has 0 saturated heterocycles. The first kappa shape index (κ1) is 27.1. The number of allylic oxidation sites excluding steroid dienone is 1. The minimum atomic E-state index is -1.53. The first-order valence-electron chi connectivity index (χ1n) is 7.41. The Kier molecular flexibility index (Phi) is 15.8. The van der Waals surface area contributed by atoms with Crippen LogP contribution in [0.1, 0.15) is 0 Å². The molecule has 0 amide bonds. The van der Waals surface area contributed by atoms with Crippen molar-refractivity contribution in [3.63, 3.8) is 0 Å². The zero-order valence-corrected chi connectivity index (χ0v) is 18.1. The topological polar surface area (TPSA) is 9.72 Å². The number of rotatable bonds is 5. The number of halogens is 1. The van der Waals surface area contributed by atoms with Gasteiger partial charge in [-0.1, -0.05) is 0 Å². The van der Waals surface area contributed by atoms with Gasteiger partial charge in [-0.2, -0.15) is 14.0 Å². The Morgan fingerprint density at radius 3 is 1.29 bits per heavy atom. The van der Waals surface area contributed by atoms with Gasteiger partial charge >= 0.3 is 17.1 Å². The van der Waals surface area contributed by atoms with E-state index in [1.807, 2.05) is 32.1 Å². The molecule has 0 heterocycles. The average Bonchev–Trinajstić information content (AvgIpc) is 3.14. The van der Waals surface area contributed by atoms with Crippen LogP contribution in [0, 0.1) is 63.7 Å². The molecule has 0 bridgehead atoms. The van der Waals surface area contributed by atoms with Crippen molar-refractivity contribution in [1.29, 1.82) is 0 Å². The normalized spacial score (nSPS) is 18.7. The summed E-state index contributed by atoms with van der Waals surface area (Å²) >= 11 is 0. The molecule has 0 unspecified atom stereocenters. The molecule has 24 heavy (non-hydrogen) atoms. The van der Waals surface area contributed by atoms with Gasteiger partial charge in [0.1, 0.15) is 5.82 Å². The van der Waals surface area contributed by atoms with E-state index >= 15 is 0 Å². The molecule has 2 fully saturated rings. The van der Waals surface area contributed by atoms with E-state index in [4.69, 9.17) is 0 Å². The maximum absolute atomic E-state index is 2.34. The third-order valence-corrected chi connectivity index (χ3v) is 7.56. The van der Waals surface area contributed by atoms with Crippen molar-refractivity contribution < 1.29 is 29.5 Å². The van der Waals surface area contributed by atoms with Crippen LogP contribution in [-0.4, -0.2) is 56.3 Å². The van der Waals surface area contributed by atoms with Crippen LogP contribution in [-0.2, 0) is 17.1 Å².